The van der Waals surface area contributed by atoms with E-state index in [9.17, 15) is 0 Å². The van der Waals surface area contributed by atoms with Crippen molar-refractivity contribution in [1.82, 2.24) is 0 Å². The van der Waals surface area contributed by atoms with Gasteiger partial charge in [0.15, 0.2) is 0 Å². The molecule has 1 rings (SSSR count). The Balaban J connectivity index is 2.72. The van der Waals surface area contributed by atoms with Crippen LogP contribution >= 0.6 is 11.8 Å². The van der Waals surface area contributed by atoms with Gasteiger partial charge < -0.3 is 4.74 Å². The number of thioether (sulfide) groups is 1. The molecule has 0 aromatic heterocycles. The first-order valence-electron chi connectivity index (χ1n) is 3.22. The SMILES string of the molecule is CN=C1SCCC=C1OC. The Morgan fingerprint density at radius 2 is 2.50 bits per heavy atom. The van der Waals surface area contributed by atoms with E-state index in [1.165, 1.54) is 0 Å². The number of aliphatic imine (C=N–C) groups is 1. The van der Waals surface area contributed by atoms with Crippen LogP contribution in [0.1, 0.15) is 6.42 Å². The summed E-state index contributed by atoms with van der Waals surface area (Å²) in [5.74, 6) is 2.05. The highest BCUT2D eigenvalue weighted by Crippen LogP contribution is 2.20. The number of rotatable bonds is 1. The van der Waals surface area contributed by atoms with Crippen LogP contribution in [0, 0.1) is 0 Å². The number of ether oxygens (including phenoxy) is 1. The lowest BCUT2D eigenvalue weighted by molar-refractivity contribution is 0.314. The first-order valence-corrected chi connectivity index (χ1v) is 4.21. The van der Waals surface area contributed by atoms with Gasteiger partial charge in [-0.25, -0.2) is 0 Å². The highest BCUT2D eigenvalue weighted by molar-refractivity contribution is 8.14. The maximum absolute atomic E-state index is 5.10. The molecular formula is C7H11NOS. The van der Waals surface area contributed by atoms with E-state index in [-0.39, 0.29) is 0 Å². The van der Waals surface area contributed by atoms with Gasteiger partial charge in [0.2, 0.25) is 0 Å². The van der Waals surface area contributed by atoms with Crippen LogP contribution < -0.4 is 0 Å². The first kappa shape index (κ1) is 7.66. The molecule has 0 aromatic rings. The van der Waals surface area contributed by atoms with Gasteiger partial charge in [0, 0.05) is 12.8 Å². The van der Waals surface area contributed by atoms with E-state index in [1.54, 1.807) is 25.9 Å². The molecule has 1 aliphatic rings. The van der Waals surface area contributed by atoms with Crippen molar-refractivity contribution < 1.29 is 4.74 Å². The fourth-order valence-corrected chi connectivity index (χ4v) is 1.72. The molecule has 0 aliphatic carbocycles. The molecule has 1 heterocycles. The number of nitrogens with zero attached hydrogens (tertiary/aromatic N) is 1. The fourth-order valence-electron chi connectivity index (χ4n) is 0.849. The topological polar surface area (TPSA) is 21.6 Å². The summed E-state index contributed by atoms with van der Waals surface area (Å²) in [6.07, 6.45) is 3.17. The number of methoxy groups -OCH3 is 1. The summed E-state index contributed by atoms with van der Waals surface area (Å²) in [5.41, 5.74) is 0. The van der Waals surface area contributed by atoms with E-state index in [4.69, 9.17) is 4.74 Å². The van der Waals surface area contributed by atoms with Crippen molar-refractivity contribution in [2.24, 2.45) is 4.99 Å². The van der Waals surface area contributed by atoms with Crippen molar-refractivity contribution in [3.05, 3.63) is 11.8 Å². The van der Waals surface area contributed by atoms with Gasteiger partial charge in [-0.1, -0.05) is 0 Å². The van der Waals surface area contributed by atoms with Gasteiger partial charge in [-0.3, -0.25) is 4.99 Å². The summed E-state index contributed by atoms with van der Waals surface area (Å²) in [6.45, 7) is 0. The first-order chi connectivity index (χ1) is 4.88. The van der Waals surface area contributed by atoms with Crippen molar-refractivity contribution in [1.29, 1.82) is 0 Å². The van der Waals surface area contributed by atoms with Crippen LogP contribution in [0.3, 0.4) is 0 Å². The van der Waals surface area contributed by atoms with Gasteiger partial charge in [-0.2, -0.15) is 0 Å². The van der Waals surface area contributed by atoms with Gasteiger partial charge in [0.05, 0.1) is 7.11 Å². The predicted octanol–water partition coefficient (Wildman–Crippen LogP) is 1.68. The van der Waals surface area contributed by atoms with E-state index in [1.807, 2.05) is 0 Å². The minimum atomic E-state index is 0.929. The summed E-state index contributed by atoms with van der Waals surface area (Å²) in [7, 11) is 3.48. The van der Waals surface area contributed by atoms with Crippen molar-refractivity contribution in [3.63, 3.8) is 0 Å². The molecule has 0 spiro atoms. The molecule has 0 N–H and O–H groups in total. The van der Waals surface area contributed by atoms with Crippen LogP contribution in [0.2, 0.25) is 0 Å². The zero-order chi connectivity index (χ0) is 7.40. The van der Waals surface area contributed by atoms with Crippen molar-refractivity contribution in [3.8, 4) is 0 Å². The fraction of sp³-hybridized carbons (Fsp3) is 0.571. The maximum Gasteiger partial charge on any atom is 0.146 e. The maximum atomic E-state index is 5.10. The van der Waals surface area contributed by atoms with Crippen LogP contribution in [0.25, 0.3) is 0 Å². The molecule has 56 valence electrons. The largest absolute Gasteiger partial charge is 0.494 e. The average molecular weight is 157 g/mol. The van der Waals surface area contributed by atoms with Crippen LogP contribution in [0.15, 0.2) is 16.8 Å². The lowest BCUT2D eigenvalue weighted by atomic mass is 10.4. The van der Waals surface area contributed by atoms with Crippen LogP contribution in [-0.2, 0) is 4.74 Å². The molecule has 2 nitrogen and oxygen atoms in total. The quantitative estimate of drug-likeness (QED) is 0.577. The van der Waals surface area contributed by atoms with Crippen molar-refractivity contribution >= 4 is 16.8 Å². The van der Waals surface area contributed by atoms with Crippen LogP contribution in [0.4, 0.5) is 0 Å². The Hall–Kier alpha value is -0.440. The summed E-state index contributed by atoms with van der Waals surface area (Å²) < 4.78 is 5.10. The molecular weight excluding hydrogens is 146 g/mol. The minimum absolute atomic E-state index is 0.929. The number of hydrogen-bond acceptors (Lipinski definition) is 3. The molecule has 0 aromatic carbocycles. The molecule has 0 amide bonds. The zero-order valence-corrected chi connectivity index (χ0v) is 7.07. The van der Waals surface area contributed by atoms with Crippen LogP contribution in [0.5, 0.6) is 0 Å². The van der Waals surface area contributed by atoms with E-state index >= 15 is 0 Å². The average Bonchev–Trinajstić information content (AvgIpc) is 2.04. The Morgan fingerprint density at radius 1 is 1.70 bits per heavy atom. The molecule has 0 atom stereocenters. The van der Waals surface area contributed by atoms with Crippen LogP contribution in [-0.4, -0.2) is 25.0 Å². The third-order valence-electron chi connectivity index (χ3n) is 1.32. The second-order valence-corrected chi connectivity index (χ2v) is 3.02. The monoisotopic (exact) mass is 157 g/mol. The number of allylic oxidation sites excluding steroid dienone is 1. The molecule has 3 heteroatoms. The normalized spacial score (nSPS) is 22.6. The van der Waals surface area contributed by atoms with Gasteiger partial charge in [0.1, 0.15) is 10.8 Å². The lowest BCUT2D eigenvalue weighted by Gasteiger charge is -2.12. The van der Waals surface area contributed by atoms with E-state index < -0.39 is 0 Å². The van der Waals surface area contributed by atoms with Gasteiger partial charge in [-0.15, -0.1) is 11.8 Å². The predicted molar refractivity (Wildman–Crippen MR) is 45.5 cm³/mol. The van der Waals surface area contributed by atoms with E-state index in [0.717, 1.165) is 23.0 Å². The van der Waals surface area contributed by atoms with Gasteiger partial charge in [-0.05, 0) is 12.5 Å². The Kier molecular flexibility index (Phi) is 2.81. The molecule has 1 aliphatic heterocycles. The highest BCUT2D eigenvalue weighted by Gasteiger charge is 2.10. The summed E-state index contributed by atoms with van der Waals surface area (Å²) in [5, 5.41) is 1.02. The Morgan fingerprint density at radius 3 is 3.00 bits per heavy atom. The molecule has 0 bridgehead atoms. The lowest BCUT2D eigenvalue weighted by Crippen LogP contribution is -2.05. The minimum Gasteiger partial charge on any atom is -0.494 e. The molecule has 0 saturated carbocycles. The Bertz CT molecular complexity index is 174. The van der Waals surface area contributed by atoms with Crippen molar-refractivity contribution in [2.75, 3.05) is 19.9 Å². The third kappa shape index (κ3) is 1.53. The molecule has 0 unspecified atom stereocenters. The van der Waals surface area contributed by atoms with E-state index in [2.05, 4.69) is 11.1 Å². The van der Waals surface area contributed by atoms with E-state index in [0.29, 0.717) is 0 Å². The molecule has 0 saturated heterocycles. The van der Waals surface area contributed by atoms with Gasteiger partial charge in [0.25, 0.3) is 0 Å². The zero-order valence-electron chi connectivity index (χ0n) is 6.26. The summed E-state index contributed by atoms with van der Waals surface area (Å²) in [6, 6.07) is 0. The molecule has 10 heavy (non-hydrogen) atoms. The molecule has 0 radical (unpaired) electrons. The summed E-state index contributed by atoms with van der Waals surface area (Å²) >= 11 is 1.75. The van der Waals surface area contributed by atoms with Crippen molar-refractivity contribution in [2.45, 2.75) is 6.42 Å². The highest BCUT2D eigenvalue weighted by atomic mass is 32.2. The smallest absolute Gasteiger partial charge is 0.146 e. The second-order valence-electron chi connectivity index (χ2n) is 1.94. The molecule has 0 fully saturated rings. The van der Waals surface area contributed by atoms with Gasteiger partial charge >= 0.3 is 0 Å². The Labute approximate surface area is 65.4 Å². The third-order valence-corrected chi connectivity index (χ3v) is 2.42. The number of hydrogen-bond donors (Lipinski definition) is 0. The standard InChI is InChI=1S/C7H11NOS/c1-8-7-6(9-2)4-3-5-10-7/h4H,3,5H2,1-2H3. The second kappa shape index (κ2) is 3.66. The summed E-state index contributed by atoms with van der Waals surface area (Å²) in [4.78, 5) is 4.09.